The summed E-state index contributed by atoms with van der Waals surface area (Å²) in [6, 6.07) is 0. The minimum atomic E-state index is -0.490. The van der Waals surface area contributed by atoms with Crippen LogP contribution in [0.25, 0.3) is 0 Å². The van der Waals surface area contributed by atoms with Crippen molar-refractivity contribution >= 4 is 0 Å². The van der Waals surface area contributed by atoms with Gasteiger partial charge in [-0.15, -0.1) is 0 Å². The van der Waals surface area contributed by atoms with Crippen LogP contribution in [-0.2, 0) is 9.47 Å². The van der Waals surface area contributed by atoms with Crippen molar-refractivity contribution in [2.24, 2.45) is 11.8 Å². The van der Waals surface area contributed by atoms with Crippen molar-refractivity contribution in [2.45, 2.75) is 65.6 Å². The van der Waals surface area contributed by atoms with Gasteiger partial charge in [0.25, 0.3) is 0 Å². The van der Waals surface area contributed by atoms with E-state index in [1.54, 1.807) is 0 Å². The Morgan fingerprint density at radius 3 is 2.23 bits per heavy atom. The van der Waals surface area contributed by atoms with Gasteiger partial charge in [0.05, 0.1) is 32.5 Å². The first-order valence-electron chi connectivity index (χ1n) is 8.30. The standard InChI is InChI=1S/C18H34O4/c1-15(2)14-18(5,22-12-10-20)8-6-7-16(3)13-17(4)21-11-9-19/h15-17,19-20H,7,9-14H2,1-5H3. The number of ether oxygens (including phenoxy) is 2. The molecule has 0 saturated heterocycles. The van der Waals surface area contributed by atoms with Crippen molar-refractivity contribution in [2.75, 3.05) is 26.4 Å². The van der Waals surface area contributed by atoms with Gasteiger partial charge in [0.1, 0.15) is 5.60 Å². The lowest BCUT2D eigenvalue weighted by Crippen LogP contribution is -2.30. The fourth-order valence-corrected chi connectivity index (χ4v) is 2.58. The molecule has 0 fully saturated rings. The van der Waals surface area contributed by atoms with Crippen molar-refractivity contribution in [3.63, 3.8) is 0 Å². The molecular formula is C18H34O4. The van der Waals surface area contributed by atoms with Crippen LogP contribution in [0.1, 0.15) is 53.9 Å². The van der Waals surface area contributed by atoms with Crippen LogP contribution in [0, 0.1) is 23.7 Å². The SMILES string of the molecule is CC(C)CC(C)(C#CCC(C)CC(C)OCCO)OCCO. The van der Waals surface area contributed by atoms with E-state index < -0.39 is 5.60 Å². The zero-order valence-corrected chi connectivity index (χ0v) is 14.9. The number of hydrogen-bond donors (Lipinski definition) is 2. The predicted octanol–water partition coefficient (Wildman–Crippen LogP) is 2.62. The molecule has 130 valence electrons. The Morgan fingerprint density at radius 2 is 1.68 bits per heavy atom. The zero-order valence-electron chi connectivity index (χ0n) is 14.9. The second-order valence-corrected chi connectivity index (χ2v) is 6.65. The lowest BCUT2D eigenvalue weighted by molar-refractivity contribution is -0.0180. The van der Waals surface area contributed by atoms with Gasteiger partial charge in [0.15, 0.2) is 0 Å². The lowest BCUT2D eigenvalue weighted by Gasteiger charge is -2.26. The van der Waals surface area contributed by atoms with Gasteiger partial charge in [0, 0.05) is 6.42 Å². The quantitative estimate of drug-likeness (QED) is 0.576. The summed E-state index contributed by atoms with van der Waals surface area (Å²) < 4.78 is 11.2. The first kappa shape index (κ1) is 21.4. The Bertz CT molecular complexity index is 332. The minimum absolute atomic E-state index is 0.0193. The molecule has 3 atom stereocenters. The molecule has 0 radical (unpaired) electrons. The van der Waals surface area contributed by atoms with E-state index in [0.717, 1.165) is 19.3 Å². The average molecular weight is 314 g/mol. The highest BCUT2D eigenvalue weighted by Crippen LogP contribution is 2.20. The average Bonchev–Trinajstić information content (AvgIpc) is 2.42. The molecule has 0 rings (SSSR count). The summed E-state index contributed by atoms with van der Waals surface area (Å²) in [5.41, 5.74) is -0.490. The third kappa shape index (κ3) is 11.0. The molecule has 0 amide bonds. The maximum atomic E-state index is 8.94. The van der Waals surface area contributed by atoms with E-state index in [1.807, 2.05) is 13.8 Å². The molecule has 0 saturated carbocycles. The van der Waals surface area contributed by atoms with Gasteiger partial charge >= 0.3 is 0 Å². The number of rotatable bonds is 11. The third-order valence-electron chi connectivity index (χ3n) is 3.34. The molecule has 4 nitrogen and oxygen atoms in total. The van der Waals surface area contributed by atoms with Gasteiger partial charge in [-0.25, -0.2) is 0 Å². The Balaban J connectivity index is 4.40. The molecule has 0 bridgehead atoms. The summed E-state index contributed by atoms with van der Waals surface area (Å²) >= 11 is 0. The van der Waals surface area contributed by atoms with Crippen LogP contribution < -0.4 is 0 Å². The molecule has 0 aromatic carbocycles. The van der Waals surface area contributed by atoms with Crippen LogP contribution in [0.3, 0.4) is 0 Å². The summed E-state index contributed by atoms with van der Waals surface area (Å²) in [5.74, 6) is 7.41. The van der Waals surface area contributed by atoms with Crippen molar-refractivity contribution in [1.82, 2.24) is 0 Å². The van der Waals surface area contributed by atoms with E-state index in [0.29, 0.717) is 25.0 Å². The van der Waals surface area contributed by atoms with Crippen LogP contribution in [0.4, 0.5) is 0 Å². The summed E-state index contributed by atoms with van der Waals surface area (Å²) in [7, 11) is 0. The molecular weight excluding hydrogens is 280 g/mol. The number of hydrogen-bond acceptors (Lipinski definition) is 4. The van der Waals surface area contributed by atoms with Gasteiger partial charge in [-0.05, 0) is 38.5 Å². The van der Waals surface area contributed by atoms with Crippen molar-refractivity contribution in [1.29, 1.82) is 0 Å². The summed E-state index contributed by atoms with van der Waals surface area (Å²) in [5, 5.41) is 17.7. The molecule has 0 aliphatic carbocycles. The zero-order chi connectivity index (χ0) is 17.0. The number of aliphatic hydroxyl groups excluding tert-OH is 2. The maximum absolute atomic E-state index is 8.94. The van der Waals surface area contributed by atoms with E-state index in [2.05, 4.69) is 32.6 Å². The molecule has 2 N–H and O–H groups in total. The van der Waals surface area contributed by atoms with Crippen molar-refractivity contribution < 1.29 is 19.7 Å². The fraction of sp³-hybridized carbons (Fsp3) is 0.889. The van der Waals surface area contributed by atoms with E-state index >= 15 is 0 Å². The maximum Gasteiger partial charge on any atom is 0.126 e. The molecule has 4 heteroatoms. The largest absolute Gasteiger partial charge is 0.394 e. The highest BCUT2D eigenvalue weighted by atomic mass is 16.5. The smallest absolute Gasteiger partial charge is 0.126 e. The summed E-state index contributed by atoms with van der Waals surface area (Å²) in [6.45, 7) is 11.2. The lowest BCUT2D eigenvalue weighted by atomic mass is 9.93. The van der Waals surface area contributed by atoms with Gasteiger partial charge in [-0.1, -0.05) is 32.6 Å². The van der Waals surface area contributed by atoms with Crippen LogP contribution in [0.2, 0.25) is 0 Å². The van der Waals surface area contributed by atoms with Gasteiger partial charge < -0.3 is 19.7 Å². The predicted molar refractivity (Wildman–Crippen MR) is 89.6 cm³/mol. The monoisotopic (exact) mass is 314 g/mol. The Hall–Kier alpha value is -0.600. The van der Waals surface area contributed by atoms with Crippen LogP contribution in [-0.4, -0.2) is 48.3 Å². The van der Waals surface area contributed by atoms with E-state index in [-0.39, 0.29) is 19.3 Å². The van der Waals surface area contributed by atoms with Crippen molar-refractivity contribution in [3.05, 3.63) is 0 Å². The van der Waals surface area contributed by atoms with Crippen LogP contribution in [0.5, 0.6) is 0 Å². The molecule has 0 aromatic heterocycles. The van der Waals surface area contributed by atoms with Gasteiger partial charge in [0.2, 0.25) is 0 Å². The normalized spacial score (nSPS) is 16.7. The first-order chi connectivity index (χ1) is 10.3. The third-order valence-corrected chi connectivity index (χ3v) is 3.34. The van der Waals surface area contributed by atoms with Gasteiger partial charge in [-0.3, -0.25) is 0 Å². The Kier molecular flexibility index (Phi) is 11.6. The highest BCUT2D eigenvalue weighted by molar-refractivity contribution is 5.13. The summed E-state index contributed by atoms with van der Waals surface area (Å²) in [4.78, 5) is 0. The molecule has 0 heterocycles. The second kappa shape index (κ2) is 11.9. The fourth-order valence-electron chi connectivity index (χ4n) is 2.58. The minimum Gasteiger partial charge on any atom is -0.394 e. The second-order valence-electron chi connectivity index (χ2n) is 6.65. The van der Waals surface area contributed by atoms with Crippen LogP contribution in [0.15, 0.2) is 0 Å². The van der Waals surface area contributed by atoms with E-state index in [4.69, 9.17) is 19.7 Å². The molecule has 0 aromatic rings. The Labute approximate surface area is 136 Å². The van der Waals surface area contributed by atoms with Crippen LogP contribution >= 0.6 is 0 Å². The van der Waals surface area contributed by atoms with E-state index in [1.165, 1.54) is 0 Å². The van der Waals surface area contributed by atoms with Crippen molar-refractivity contribution in [3.8, 4) is 11.8 Å². The summed E-state index contributed by atoms with van der Waals surface area (Å²) in [6.07, 6.45) is 2.71. The molecule has 0 aliphatic rings. The topological polar surface area (TPSA) is 58.9 Å². The first-order valence-corrected chi connectivity index (χ1v) is 8.30. The highest BCUT2D eigenvalue weighted by Gasteiger charge is 2.23. The number of aliphatic hydroxyl groups is 2. The van der Waals surface area contributed by atoms with E-state index in [9.17, 15) is 0 Å². The molecule has 22 heavy (non-hydrogen) atoms. The van der Waals surface area contributed by atoms with Gasteiger partial charge in [-0.2, -0.15) is 0 Å². The Morgan fingerprint density at radius 1 is 1.05 bits per heavy atom. The molecule has 3 unspecified atom stereocenters. The molecule has 0 spiro atoms. The molecule has 0 aliphatic heterocycles.